The second kappa shape index (κ2) is 6.95. The lowest BCUT2D eigenvalue weighted by Gasteiger charge is -2.13. The van der Waals surface area contributed by atoms with Crippen LogP contribution in [-0.4, -0.2) is 18.0 Å². The van der Waals surface area contributed by atoms with Crippen LogP contribution in [-0.2, 0) is 9.53 Å². The molecule has 1 heterocycles. The summed E-state index contributed by atoms with van der Waals surface area (Å²) in [5.41, 5.74) is 0.272. The maximum Gasteiger partial charge on any atom is 0.342 e. The fraction of sp³-hybridized carbons (Fsp3) is 0.250. The van der Waals surface area contributed by atoms with Gasteiger partial charge in [-0.3, -0.25) is 4.79 Å². The van der Waals surface area contributed by atoms with Crippen LogP contribution in [0.15, 0.2) is 33.2 Å². The number of anilines is 1. The molecular formula is C16H15BrFNO4. The van der Waals surface area contributed by atoms with Crippen LogP contribution >= 0.6 is 15.9 Å². The van der Waals surface area contributed by atoms with E-state index in [9.17, 15) is 14.0 Å². The van der Waals surface area contributed by atoms with Gasteiger partial charge in [0.25, 0.3) is 5.91 Å². The van der Waals surface area contributed by atoms with Crippen molar-refractivity contribution >= 4 is 33.5 Å². The molecule has 0 fully saturated rings. The highest BCUT2D eigenvalue weighted by atomic mass is 79.9. The highest BCUT2D eigenvalue weighted by molar-refractivity contribution is 9.10. The number of aryl methyl sites for hydroxylation is 2. The number of amides is 1. The quantitative estimate of drug-likeness (QED) is 0.810. The molecule has 0 aliphatic carbocycles. The molecule has 0 aliphatic rings. The van der Waals surface area contributed by atoms with Gasteiger partial charge in [0.1, 0.15) is 22.9 Å². The van der Waals surface area contributed by atoms with Crippen molar-refractivity contribution in [3.8, 4) is 0 Å². The first-order valence-electron chi connectivity index (χ1n) is 6.82. The number of hydrogen-bond acceptors (Lipinski definition) is 4. The summed E-state index contributed by atoms with van der Waals surface area (Å²) in [5, 5.41) is 2.38. The van der Waals surface area contributed by atoms with E-state index in [1.807, 2.05) is 0 Å². The third kappa shape index (κ3) is 4.19. The van der Waals surface area contributed by atoms with Crippen LogP contribution in [0, 0.1) is 19.7 Å². The molecule has 1 unspecified atom stereocenters. The summed E-state index contributed by atoms with van der Waals surface area (Å²) in [4.78, 5) is 24.0. The lowest BCUT2D eigenvalue weighted by molar-refractivity contribution is -0.123. The third-order valence-electron chi connectivity index (χ3n) is 3.10. The first kappa shape index (κ1) is 17.2. The van der Waals surface area contributed by atoms with Crippen LogP contribution in [0.25, 0.3) is 0 Å². The summed E-state index contributed by atoms with van der Waals surface area (Å²) >= 11 is 3.13. The van der Waals surface area contributed by atoms with E-state index in [1.165, 1.54) is 25.1 Å². The normalized spacial score (nSPS) is 11.9. The Bertz CT molecular complexity index is 757. The molecule has 2 aromatic rings. The maximum atomic E-state index is 13.7. The van der Waals surface area contributed by atoms with Gasteiger partial charge in [-0.2, -0.15) is 0 Å². The number of rotatable bonds is 4. The van der Waals surface area contributed by atoms with E-state index in [0.717, 1.165) is 0 Å². The minimum atomic E-state index is -1.08. The van der Waals surface area contributed by atoms with E-state index in [4.69, 9.17) is 9.15 Å². The van der Waals surface area contributed by atoms with Crippen molar-refractivity contribution in [1.82, 2.24) is 0 Å². The van der Waals surface area contributed by atoms with Gasteiger partial charge in [-0.15, -0.1) is 0 Å². The largest absolute Gasteiger partial charge is 0.466 e. The predicted molar refractivity (Wildman–Crippen MR) is 85.8 cm³/mol. The molecule has 0 radical (unpaired) electrons. The topological polar surface area (TPSA) is 68.5 Å². The Balaban J connectivity index is 2.02. The lowest BCUT2D eigenvalue weighted by atomic mass is 10.2. The van der Waals surface area contributed by atoms with Gasteiger partial charge in [0.15, 0.2) is 6.10 Å². The number of ether oxygens (including phenoxy) is 1. The molecule has 1 N–H and O–H groups in total. The molecule has 7 heteroatoms. The molecule has 0 saturated carbocycles. The molecule has 1 amide bonds. The van der Waals surface area contributed by atoms with E-state index in [0.29, 0.717) is 16.0 Å². The Morgan fingerprint density at radius 1 is 1.30 bits per heavy atom. The first-order chi connectivity index (χ1) is 10.8. The van der Waals surface area contributed by atoms with E-state index in [2.05, 4.69) is 21.2 Å². The van der Waals surface area contributed by atoms with Crippen LogP contribution in [0.1, 0.15) is 28.8 Å². The number of esters is 1. The molecule has 0 bridgehead atoms. The Labute approximate surface area is 140 Å². The van der Waals surface area contributed by atoms with E-state index >= 15 is 0 Å². The fourth-order valence-electron chi connectivity index (χ4n) is 1.94. The highest BCUT2D eigenvalue weighted by Crippen LogP contribution is 2.20. The molecule has 0 aliphatic heterocycles. The van der Waals surface area contributed by atoms with Gasteiger partial charge in [0, 0.05) is 4.47 Å². The number of carbonyl (C=O) groups is 2. The zero-order chi connectivity index (χ0) is 17.1. The van der Waals surface area contributed by atoms with E-state index in [1.54, 1.807) is 19.9 Å². The molecule has 1 atom stereocenters. The van der Waals surface area contributed by atoms with Gasteiger partial charge < -0.3 is 14.5 Å². The maximum absolute atomic E-state index is 13.7. The minimum absolute atomic E-state index is 0.0106. The Kier molecular flexibility index (Phi) is 5.20. The molecular weight excluding hydrogens is 369 g/mol. The fourth-order valence-corrected chi connectivity index (χ4v) is 2.27. The van der Waals surface area contributed by atoms with Crippen molar-refractivity contribution in [3.63, 3.8) is 0 Å². The number of benzene rings is 1. The van der Waals surface area contributed by atoms with Crippen molar-refractivity contribution in [2.24, 2.45) is 0 Å². The summed E-state index contributed by atoms with van der Waals surface area (Å²) in [6, 6.07) is 5.77. The van der Waals surface area contributed by atoms with Gasteiger partial charge >= 0.3 is 5.97 Å². The second-order valence-electron chi connectivity index (χ2n) is 4.99. The standard InChI is InChI=1S/C16H15BrFNO4/c1-8-6-12(9(2)22-8)16(21)23-10(3)15(20)19-14-5-4-11(17)7-13(14)18/h4-7,10H,1-3H3,(H,19,20). The molecule has 23 heavy (non-hydrogen) atoms. The summed E-state index contributed by atoms with van der Waals surface area (Å²) in [6.45, 7) is 4.74. The molecule has 1 aromatic carbocycles. The second-order valence-corrected chi connectivity index (χ2v) is 5.90. The number of nitrogens with one attached hydrogen (secondary N) is 1. The van der Waals surface area contributed by atoms with Crippen LogP contribution in [0.4, 0.5) is 10.1 Å². The van der Waals surface area contributed by atoms with Crippen molar-refractivity contribution in [2.45, 2.75) is 26.9 Å². The van der Waals surface area contributed by atoms with Crippen molar-refractivity contribution in [3.05, 3.63) is 51.6 Å². The number of hydrogen-bond donors (Lipinski definition) is 1. The van der Waals surface area contributed by atoms with Gasteiger partial charge in [-0.05, 0) is 45.0 Å². The van der Waals surface area contributed by atoms with E-state index in [-0.39, 0.29) is 11.3 Å². The third-order valence-corrected chi connectivity index (χ3v) is 3.60. The molecule has 5 nitrogen and oxygen atoms in total. The Morgan fingerprint density at radius 3 is 2.57 bits per heavy atom. The van der Waals surface area contributed by atoms with Crippen LogP contribution < -0.4 is 5.32 Å². The molecule has 122 valence electrons. The highest BCUT2D eigenvalue weighted by Gasteiger charge is 2.22. The zero-order valence-electron chi connectivity index (χ0n) is 12.8. The molecule has 2 rings (SSSR count). The SMILES string of the molecule is Cc1cc(C(=O)OC(C)C(=O)Nc2ccc(Br)cc2F)c(C)o1. The average molecular weight is 384 g/mol. The Morgan fingerprint density at radius 2 is 2.00 bits per heavy atom. The summed E-state index contributed by atoms with van der Waals surface area (Å²) in [7, 11) is 0. The minimum Gasteiger partial charge on any atom is -0.466 e. The summed E-state index contributed by atoms with van der Waals surface area (Å²) in [5.74, 6) is -0.897. The Hall–Kier alpha value is -2.15. The van der Waals surface area contributed by atoms with Crippen molar-refractivity contribution in [1.29, 1.82) is 0 Å². The number of carbonyl (C=O) groups excluding carboxylic acids is 2. The first-order valence-corrected chi connectivity index (χ1v) is 7.61. The van der Waals surface area contributed by atoms with Crippen LogP contribution in [0.5, 0.6) is 0 Å². The van der Waals surface area contributed by atoms with Gasteiger partial charge in [-0.25, -0.2) is 9.18 Å². The van der Waals surface area contributed by atoms with Crippen LogP contribution in [0.3, 0.4) is 0 Å². The van der Waals surface area contributed by atoms with Crippen molar-refractivity contribution < 1.29 is 23.1 Å². The predicted octanol–water partition coefficient (Wildman–Crippen LogP) is 3.98. The lowest BCUT2D eigenvalue weighted by Crippen LogP contribution is -2.30. The molecule has 1 aromatic heterocycles. The van der Waals surface area contributed by atoms with Gasteiger partial charge in [0.2, 0.25) is 0 Å². The van der Waals surface area contributed by atoms with E-state index < -0.39 is 23.8 Å². The average Bonchev–Trinajstić information content (AvgIpc) is 2.80. The van der Waals surface area contributed by atoms with Crippen molar-refractivity contribution in [2.75, 3.05) is 5.32 Å². The molecule has 0 spiro atoms. The zero-order valence-corrected chi connectivity index (χ0v) is 14.4. The molecule has 0 saturated heterocycles. The monoisotopic (exact) mass is 383 g/mol. The summed E-state index contributed by atoms with van der Waals surface area (Å²) in [6.07, 6.45) is -1.08. The van der Waals surface area contributed by atoms with Crippen LogP contribution in [0.2, 0.25) is 0 Å². The van der Waals surface area contributed by atoms with Gasteiger partial charge in [-0.1, -0.05) is 15.9 Å². The summed E-state index contributed by atoms with van der Waals surface area (Å²) < 4.78 is 24.6. The number of halogens is 2. The van der Waals surface area contributed by atoms with Gasteiger partial charge in [0.05, 0.1) is 5.69 Å². The number of furan rings is 1. The smallest absolute Gasteiger partial charge is 0.342 e.